The number of halogens is 1. The Balaban J connectivity index is 3.17. The van der Waals surface area contributed by atoms with E-state index in [9.17, 15) is 5.11 Å². The molecule has 0 heterocycles. The maximum atomic E-state index is 9.35. The minimum atomic E-state index is 0.0976. The van der Waals surface area contributed by atoms with E-state index in [1.165, 1.54) is 0 Å². The molecule has 0 aliphatic rings. The molecule has 13 heavy (non-hydrogen) atoms. The fourth-order valence-corrected chi connectivity index (χ4v) is 1.21. The van der Waals surface area contributed by atoms with Crippen molar-refractivity contribution in [2.24, 2.45) is 0 Å². The van der Waals surface area contributed by atoms with E-state index >= 15 is 0 Å². The van der Waals surface area contributed by atoms with Crippen LogP contribution in [0.25, 0.3) is 5.57 Å². The van der Waals surface area contributed by atoms with Crippen LogP contribution >= 0.6 is 11.6 Å². The number of allylic oxidation sites excluding steroid dienone is 3. The Hall–Kier alpha value is -1.21. The van der Waals surface area contributed by atoms with Gasteiger partial charge in [-0.2, -0.15) is 0 Å². The normalized spacial score (nSPS) is 11.4. The number of hydrogen-bond donors (Lipinski definition) is 1. The molecule has 1 aromatic rings. The monoisotopic (exact) mass is 194 g/mol. The number of hydrogen-bond acceptors (Lipinski definition) is 1. The molecule has 1 nitrogen and oxygen atoms in total. The van der Waals surface area contributed by atoms with E-state index in [1.54, 1.807) is 18.2 Å². The van der Waals surface area contributed by atoms with Crippen LogP contribution in [0.2, 0.25) is 5.02 Å². The lowest BCUT2D eigenvalue weighted by atomic mass is 10.1. The first kappa shape index (κ1) is 9.87. The van der Waals surface area contributed by atoms with Gasteiger partial charge in [-0.05, 0) is 30.2 Å². The summed E-state index contributed by atoms with van der Waals surface area (Å²) in [6, 6.07) is 5.14. The molecule has 68 valence electrons. The first-order valence-electron chi connectivity index (χ1n) is 3.96. The summed E-state index contributed by atoms with van der Waals surface area (Å²) in [5.74, 6) is 0.0976. The predicted molar refractivity (Wildman–Crippen MR) is 57.0 cm³/mol. The zero-order chi connectivity index (χ0) is 9.84. The third-order valence-corrected chi connectivity index (χ3v) is 2.13. The smallest absolute Gasteiger partial charge is 0.134 e. The molecule has 0 aliphatic heterocycles. The summed E-state index contributed by atoms with van der Waals surface area (Å²) < 4.78 is 0. The molecule has 0 radical (unpaired) electrons. The molecule has 1 rings (SSSR count). The van der Waals surface area contributed by atoms with Gasteiger partial charge in [0.05, 0.1) is 5.02 Å². The number of phenols is 1. The van der Waals surface area contributed by atoms with Crippen molar-refractivity contribution in [1.82, 2.24) is 0 Å². The van der Waals surface area contributed by atoms with Crippen LogP contribution in [-0.4, -0.2) is 5.11 Å². The summed E-state index contributed by atoms with van der Waals surface area (Å²) in [5.41, 5.74) is 1.89. The van der Waals surface area contributed by atoms with Crippen LogP contribution in [0.15, 0.2) is 36.9 Å². The highest BCUT2D eigenvalue weighted by Crippen LogP contribution is 2.27. The van der Waals surface area contributed by atoms with Gasteiger partial charge >= 0.3 is 0 Å². The summed E-state index contributed by atoms with van der Waals surface area (Å²) in [7, 11) is 0. The Bertz CT molecular complexity index is 353. The average Bonchev–Trinajstić information content (AvgIpc) is 2.13. The van der Waals surface area contributed by atoms with Gasteiger partial charge < -0.3 is 5.11 Å². The first-order valence-corrected chi connectivity index (χ1v) is 4.34. The lowest BCUT2D eigenvalue weighted by Crippen LogP contribution is -1.80. The Morgan fingerprint density at radius 2 is 2.23 bits per heavy atom. The minimum absolute atomic E-state index is 0.0976. The molecule has 1 N–H and O–H groups in total. The van der Waals surface area contributed by atoms with Crippen molar-refractivity contribution in [3.63, 3.8) is 0 Å². The van der Waals surface area contributed by atoms with Crippen LogP contribution in [0.5, 0.6) is 5.75 Å². The second-order valence-electron chi connectivity index (χ2n) is 2.61. The number of benzene rings is 1. The highest BCUT2D eigenvalue weighted by molar-refractivity contribution is 6.32. The highest BCUT2D eigenvalue weighted by Gasteiger charge is 2.01. The van der Waals surface area contributed by atoms with E-state index in [2.05, 4.69) is 6.58 Å². The SMILES string of the molecule is C=C/C(=C\C)c1ccc(Cl)c(O)c1. The maximum absolute atomic E-state index is 9.35. The van der Waals surface area contributed by atoms with E-state index in [4.69, 9.17) is 11.6 Å². The summed E-state index contributed by atoms with van der Waals surface area (Å²) in [6.07, 6.45) is 3.67. The third kappa shape index (κ3) is 2.13. The van der Waals surface area contributed by atoms with Crippen molar-refractivity contribution in [3.8, 4) is 5.75 Å². The molecule has 2 heteroatoms. The van der Waals surface area contributed by atoms with Crippen molar-refractivity contribution in [3.05, 3.63) is 47.5 Å². The predicted octanol–water partition coefficient (Wildman–Crippen LogP) is 3.63. The molecule has 0 saturated carbocycles. The van der Waals surface area contributed by atoms with Gasteiger partial charge in [-0.15, -0.1) is 0 Å². The topological polar surface area (TPSA) is 20.2 Å². The Morgan fingerprint density at radius 3 is 2.69 bits per heavy atom. The standard InChI is InChI=1S/C11H11ClO/c1-3-8(4-2)9-5-6-10(12)11(13)7-9/h3-7,13H,1H2,2H3/b8-4+. The van der Waals surface area contributed by atoms with Gasteiger partial charge in [-0.25, -0.2) is 0 Å². The van der Waals surface area contributed by atoms with Crippen LogP contribution in [0.4, 0.5) is 0 Å². The second kappa shape index (κ2) is 4.15. The maximum Gasteiger partial charge on any atom is 0.134 e. The molecular weight excluding hydrogens is 184 g/mol. The van der Waals surface area contributed by atoms with Gasteiger partial charge in [0, 0.05) is 0 Å². The molecule has 0 atom stereocenters. The lowest BCUT2D eigenvalue weighted by Gasteiger charge is -2.03. The minimum Gasteiger partial charge on any atom is -0.506 e. The zero-order valence-corrected chi connectivity index (χ0v) is 8.17. The van der Waals surface area contributed by atoms with Gasteiger partial charge in [-0.1, -0.05) is 36.4 Å². The Morgan fingerprint density at radius 1 is 1.54 bits per heavy atom. The molecule has 0 aromatic heterocycles. The third-order valence-electron chi connectivity index (χ3n) is 1.81. The van der Waals surface area contributed by atoms with Crippen molar-refractivity contribution in [1.29, 1.82) is 0 Å². The van der Waals surface area contributed by atoms with E-state index in [1.807, 2.05) is 19.1 Å². The summed E-state index contributed by atoms with van der Waals surface area (Å²) in [4.78, 5) is 0. The summed E-state index contributed by atoms with van der Waals surface area (Å²) in [6.45, 7) is 5.60. The average molecular weight is 195 g/mol. The number of phenolic OH excluding ortho intramolecular Hbond substituents is 1. The van der Waals surface area contributed by atoms with Crippen molar-refractivity contribution in [2.75, 3.05) is 0 Å². The fraction of sp³-hybridized carbons (Fsp3) is 0.0909. The fourth-order valence-electron chi connectivity index (χ4n) is 1.09. The second-order valence-corrected chi connectivity index (χ2v) is 3.02. The molecule has 0 bridgehead atoms. The van der Waals surface area contributed by atoms with Gasteiger partial charge in [0.1, 0.15) is 5.75 Å². The van der Waals surface area contributed by atoms with E-state index in [-0.39, 0.29) is 5.75 Å². The van der Waals surface area contributed by atoms with Crippen LogP contribution in [-0.2, 0) is 0 Å². The highest BCUT2D eigenvalue weighted by atomic mass is 35.5. The van der Waals surface area contributed by atoms with Crippen molar-refractivity contribution >= 4 is 17.2 Å². The van der Waals surface area contributed by atoms with E-state index < -0.39 is 0 Å². The molecule has 1 aromatic carbocycles. The Kier molecular flexibility index (Phi) is 3.15. The van der Waals surface area contributed by atoms with E-state index in [0.717, 1.165) is 11.1 Å². The Labute approximate surface area is 83.0 Å². The molecule has 0 saturated heterocycles. The van der Waals surface area contributed by atoms with Crippen molar-refractivity contribution < 1.29 is 5.11 Å². The molecule has 0 unspecified atom stereocenters. The van der Waals surface area contributed by atoms with Crippen LogP contribution < -0.4 is 0 Å². The van der Waals surface area contributed by atoms with Gasteiger partial charge in [0.25, 0.3) is 0 Å². The molecule has 0 spiro atoms. The molecule has 0 aliphatic carbocycles. The molecular formula is C11H11ClO. The van der Waals surface area contributed by atoms with Crippen LogP contribution in [0.1, 0.15) is 12.5 Å². The van der Waals surface area contributed by atoms with Crippen molar-refractivity contribution in [2.45, 2.75) is 6.92 Å². The van der Waals surface area contributed by atoms with Gasteiger partial charge in [-0.3, -0.25) is 0 Å². The number of rotatable bonds is 2. The largest absolute Gasteiger partial charge is 0.506 e. The number of aromatic hydroxyl groups is 1. The summed E-state index contributed by atoms with van der Waals surface area (Å²) >= 11 is 5.68. The zero-order valence-electron chi connectivity index (χ0n) is 7.42. The lowest BCUT2D eigenvalue weighted by molar-refractivity contribution is 0.475. The van der Waals surface area contributed by atoms with Crippen LogP contribution in [0, 0.1) is 0 Å². The summed E-state index contributed by atoms with van der Waals surface area (Å²) in [5, 5.41) is 9.71. The van der Waals surface area contributed by atoms with Gasteiger partial charge in [0.15, 0.2) is 0 Å². The van der Waals surface area contributed by atoms with Gasteiger partial charge in [0.2, 0.25) is 0 Å². The first-order chi connectivity index (χ1) is 6.19. The quantitative estimate of drug-likeness (QED) is 0.713. The van der Waals surface area contributed by atoms with E-state index in [0.29, 0.717) is 5.02 Å². The molecule has 0 fully saturated rings. The molecule has 0 amide bonds. The van der Waals surface area contributed by atoms with Crippen LogP contribution in [0.3, 0.4) is 0 Å².